The number of aromatic nitrogens is 1. The summed E-state index contributed by atoms with van der Waals surface area (Å²) in [6.45, 7) is 2.77. The first-order valence-electron chi connectivity index (χ1n) is 9.99. The van der Waals surface area contributed by atoms with E-state index >= 15 is 0 Å². The fraction of sp³-hybridized carbons (Fsp3) is 0.304. The van der Waals surface area contributed by atoms with Gasteiger partial charge in [-0.2, -0.15) is 8.78 Å². The second kappa shape index (κ2) is 8.75. The summed E-state index contributed by atoms with van der Waals surface area (Å²) in [6, 6.07) is 14.7. The monoisotopic (exact) mass is 414 g/mol. The van der Waals surface area contributed by atoms with Gasteiger partial charge in [-0.25, -0.2) is 0 Å². The molecule has 0 fully saturated rings. The van der Waals surface area contributed by atoms with Gasteiger partial charge in [0, 0.05) is 24.5 Å². The minimum absolute atomic E-state index is 0.112. The van der Waals surface area contributed by atoms with Crippen LogP contribution in [0.3, 0.4) is 0 Å². The average molecular weight is 414 g/mol. The van der Waals surface area contributed by atoms with E-state index in [1.54, 1.807) is 24.3 Å². The SMILES string of the molecule is CCOc1cc2c(cc1OCC)-n1cccc1[C@H](c1ccc(OC(F)F)cc1)NC2. The first-order chi connectivity index (χ1) is 14.6. The Hall–Kier alpha value is -3.06. The number of hydrogen-bond acceptors (Lipinski definition) is 4. The van der Waals surface area contributed by atoms with Crippen LogP contribution in [0, 0.1) is 0 Å². The number of hydrogen-bond donors (Lipinski definition) is 1. The van der Waals surface area contributed by atoms with Gasteiger partial charge in [0.1, 0.15) is 5.75 Å². The molecule has 0 bridgehead atoms. The molecular weight excluding hydrogens is 390 g/mol. The van der Waals surface area contributed by atoms with Crippen molar-refractivity contribution in [2.45, 2.75) is 33.0 Å². The molecule has 158 valence electrons. The van der Waals surface area contributed by atoms with Crippen LogP contribution in [0.15, 0.2) is 54.7 Å². The maximum atomic E-state index is 12.5. The molecule has 1 atom stereocenters. The molecule has 0 radical (unpaired) electrons. The van der Waals surface area contributed by atoms with Crippen LogP contribution < -0.4 is 19.5 Å². The number of benzene rings is 2. The molecule has 0 unspecified atom stereocenters. The van der Waals surface area contributed by atoms with E-state index in [0.717, 1.165) is 28.3 Å². The van der Waals surface area contributed by atoms with Crippen molar-refractivity contribution in [3.8, 4) is 22.9 Å². The Balaban J connectivity index is 1.72. The second-order valence-corrected chi connectivity index (χ2v) is 6.86. The lowest BCUT2D eigenvalue weighted by molar-refractivity contribution is -0.0498. The summed E-state index contributed by atoms with van der Waals surface area (Å²) in [5.74, 6) is 1.58. The average Bonchev–Trinajstić information content (AvgIpc) is 3.15. The molecule has 2 aromatic carbocycles. The second-order valence-electron chi connectivity index (χ2n) is 6.86. The number of halogens is 2. The summed E-state index contributed by atoms with van der Waals surface area (Å²) in [5, 5.41) is 3.57. The van der Waals surface area contributed by atoms with E-state index in [-0.39, 0.29) is 11.8 Å². The van der Waals surface area contributed by atoms with Crippen molar-refractivity contribution in [3.63, 3.8) is 0 Å². The van der Waals surface area contributed by atoms with Crippen LogP contribution in [0.4, 0.5) is 8.78 Å². The Morgan fingerprint density at radius 3 is 2.40 bits per heavy atom. The largest absolute Gasteiger partial charge is 0.490 e. The predicted octanol–water partition coefficient (Wildman–Crippen LogP) is 5.07. The maximum Gasteiger partial charge on any atom is 0.387 e. The van der Waals surface area contributed by atoms with Gasteiger partial charge in [-0.3, -0.25) is 0 Å². The van der Waals surface area contributed by atoms with E-state index in [0.29, 0.717) is 25.5 Å². The molecule has 3 aromatic rings. The van der Waals surface area contributed by atoms with Gasteiger partial charge >= 0.3 is 6.61 Å². The first kappa shape index (κ1) is 20.2. The standard InChI is InChI=1S/C23H24F2N2O3/c1-3-28-20-12-16-14-26-22(15-7-9-17(10-8-15)30-23(24)25)18-6-5-11-27(18)19(16)13-21(20)29-4-2/h5-13,22-23,26H,3-4,14H2,1-2H3/t22-/m0/s1. The lowest BCUT2D eigenvalue weighted by Crippen LogP contribution is -2.21. The molecule has 7 heteroatoms. The number of fused-ring (bicyclic) bond motifs is 3. The molecule has 0 saturated carbocycles. The predicted molar refractivity (Wildman–Crippen MR) is 110 cm³/mol. The van der Waals surface area contributed by atoms with Gasteiger partial charge in [-0.05, 0) is 55.3 Å². The summed E-state index contributed by atoms with van der Waals surface area (Å²) in [6.07, 6.45) is 2.01. The van der Waals surface area contributed by atoms with Crippen molar-refractivity contribution < 1.29 is 23.0 Å². The highest BCUT2D eigenvalue weighted by Gasteiger charge is 2.25. The fourth-order valence-electron chi connectivity index (χ4n) is 3.79. The van der Waals surface area contributed by atoms with E-state index in [4.69, 9.17) is 9.47 Å². The Kier molecular flexibility index (Phi) is 5.90. The Labute approximate surface area is 174 Å². The minimum atomic E-state index is -2.84. The number of ether oxygens (including phenoxy) is 3. The molecule has 2 heterocycles. The van der Waals surface area contributed by atoms with E-state index in [9.17, 15) is 8.78 Å². The third kappa shape index (κ3) is 3.98. The summed E-state index contributed by atoms with van der Waals surface area (Å²) in [4.78, 5) is 0. The molecule has 1 aliphatic rings. The molecule has 0 spiro atoms. The van der Waals surface area contributed by atoms with Crippen LogP contribution in [0.2, 0.25) is 0 Å². The molecule has 0 amide bonds. The lowest BCUT2D eigenvalue weighted by Gasteiger charge is -2.18. The molecule has 5 nitrogen and oxygen atoms in total. The van der Waals surface area contributed by atoms with Crippen LogP contribution in [0.25, 0.3) is 5.69 Å². The molecule has 0 saturated heterocycles. The zero-order valence-corrected chi connectivity index (χ0v) is 16.9. The highest BCUT2D eigenvalue weighted by Crippen LogP contribution is 2.37. The molecule has 4 rings (SSSR count). The van der Waals surface area contributed by atoms with Gasteiger partial charge < -0.3 is 24.1 Å². The van der Waals surface area contributed by atoms with E-state index in [2.05, 4.69) is 14.6 Å². The Morgan fingerprint density at radius 2 is 1.73 bits per heavy atom. The van der Waals surface area contributed by atoms with Gasteiger partial charge in [0.25, 0.3) is 0 Å². The molecule has 0 aliphatic carbocycles. The summed E-state index contributed by atoms with van der Waals surface area (Å²) in [5.41, 5.74) is 4.11. The van der Waals surface area contributed by atoms with E-state index in [1.165, 1.54) is 0 Å². The van der Waals surface area contributed by atoms with Crippen molar-refractivity contribution in [2.24, 2.45) is 0 Å². The third-order valence-corrected chi connectivity index (χ3v) is 5.02. The quantitative estimate of drug-likeness (QED) is 0.586. The summed E-state index contributed by atoms with van der Waals surface area (Å²) >= 11 is 0. The van der Waals surface area contributed by atoms with Crippen molar-refractivity contribution in [1.29, 1.82) is 0 Å². The maximum absolute atomic E-state index is 12.5. The third-order valence-electron chi connectivity index (χ3n) is 5.02. The van der Waals surface area contributed by atoms with Crippen molar-refractivity contribution >= 4 is 0 Å². The highest BCUT2D eigenvalue weighted by molar-refractivity contribution is 5.56. The molecular formula is C23H24F2N2O3. The smallest absolute Gasteiger partial charge is 0.387 e. The van der Waals surface area contributed by atoms with E-state index in [1.807, 2.05) is 44.3 Å². The minimum Gasteiger partial charge on any atom is -0.490 e. The molecule has 30 heavy (non-hydrogen) atoms. The van der Waals surface area contributed by atoms with Gasteiger partial charge in [0.2, 0.25) is 0 Å². The van der Waals surface area contributed by atoms with Crippen molar-refractivity contribution in [2.75, 3.05) is 13.2 Å². The topological polar surface area (TPSA) is 44.7 Å². The van der Waals surface area contributed by atoms with E-state index < -0.39 is 6.61 Å². The van der Waals surface area contributed by atoms with Crippen LogP contribution in [-0.4, -0.2) is 24.4 Å². The van der Waals surface area contributed by atoms with Gasteiger partial charge in [-0.1, -0.05) is 12.1 Å². The van der Waals surface area contributed by atoms with Gasteiger partial charge in [0.15, 0.2) is 11.5 Å². The Morgan fingerprint density at radius 1 is 1.03 bits per heavy atom. The summed E-state index contributed by atoms with van der Waals surface area (Å²) in [7, 11) is 0. The zero-order valence-electron chi connectivity index (χ0n) is 16.9. The number of alkyl halides is 2. The van der Waals surface area contributed by atoms with Gasteiger partial charge in [-0.15, -0.1) is 0 Å². The normalized spacial score (nSPS) is 15.3. The van der Waals surface area contributed by atoms with Crippen LogP contribution in [0.5, 0.6) is 17.2 Å². The van der Waals surface area contributed by atoms with Gasteiger partial charge in [0.05, 0.1) is 24.9 Å². The van der Waals surface area contributed by atoms with Crippen LogP contribution in [0.1, 0.15) is 36.7 Å². The number of rotatable bonds is 7. The molecule has 1 aromatic heterocycles. The summed E-state index contributed by atoms with van der Waals surface area (Å²) < 4.78 is 43.1. The molecule has 1 N–H and O–H groups in total. The van der Waals surface area contributed by atoms with Crippen LogP contribution in [-0.2, 0) is 6.54 Å². The fourth-order valence-corrected chi connectivity index (χ4v) is 3.79. The zero-order chi connectivity index (χ0) is 21.1. The highest BCUT2D eigenvalue weighted by atomic mass is 19.3. The number of nitrogens with zero attached hydrogens (tertiary/aromatic N) is 1. The lowest BCUT2D eigenvalue weighted by atomic mass is 10.0. The van der Waals surface area contributed by atoms with Crippen molar-refractivity contribution in [3.05, 3.63) is 71.5 Å². The van der Waals surface area contributed by atoms with Crippen molar-refractivity contribution in [1.82, 2.24) is 9.88 Å². The molecule has 1 aliphatic heterocycles. The van der Waals surface area contributed by atoms with Crippen LogP contribution >= 0.6 is 0 Å². The number of nitrogens with one attached hydrogen (secondary N) is 1. The first-order valence-corrected chi connectivity index (χ1v) is 9.99. The Bertz CT molecular complexity index is 1000.